The number of phosphoric acid groups is 2. The fourth-order valence-corrected chi connectivity index (χ4v) is 14.7. The number of esters is 4. The largest absolute Gasteiger partial charge is 0.472 e. The molecular weight excluding hydrogens is 1350 g/mol. The van der Waals surface area contributed by atoms with E-state index < -0.39 is 97.5 Å². The number of carbonyl (C=O) groups excluding carboxylic acids is 4. The number of hydrogen-bond acceptors (Lipinski definition) is 15. The predicted molar refractivity (Wildman–Crippen MR) is 428 cm³/mol. The molecule has 0 rings (SSSR count). The lowest BCUT2D eigenvalue weighted by Crippen LogP contribution is -2.30. The van der Waals surface area contributed by atoms with E-state index in [9.17, 15) is 43.2 Å². The van der Waals surface area contributed by atoms with E-state index in [1.165, 1.54) is 238 Å². The Labute approximate surface area is 638 Å². The summed E-state index contributed by atoms with van der Waals surface area (Å²) in [5, 5.41) is 10.7. The summed E-state index contributed by atoms with van der Waals surface area (Å²) in [6.45, 7) is 14.3. The van der Waals surface area contributed by atoms with Crippen LogP contribution in [0.3, 0.4) is 0 Å². The molecule has 0 radical (unpaired) electrons. The third-order valence-electron chi connectivity index (χ3n) is 20.5. The van der Waals surface area contributed by atoms with Crippen LogP contribution in [-0.2, 0) is 65.4 Å². The third kappa shape index (κ3) is 75.5. The van der Waals surface area contributed by atoms with Gasteiger partial charge in [0.2, 0.25) is 0 Å². The Kier molecular flexibility index (Phi) is 72.5. The second-order valence-electron chi connectivity index (χ2n) is 32.0. The van der Waals surface area contributed by atoms with Crippen LogP contribution < -0.4 is 0 Å². The zero-order chi connectivity index (χ0) is 76.7. The Bertz CT molecular complexity index is 2030. The molecular formula is C85H166O17P2. The molecule has 17 nitrogen and oxygen atoms in total. The second-order valence-corrected chi connectivity index (χ2v) is 34.9. The first-order valence-corrected chi connectivity index (χ1v) is 46.8. The van der Waals surface area contributed by atoms with E-state index in [-0.39, 0.29) is 25.7 Å². The van der Waals surface area contributed by atoms with Gasteiger partial charge in [0.05, 0.1) is 26.4 Å². The van der Waals surface area contributed by atoms with Crippen molar-refractivity contribution in [2.45, 2.75) is 459 Å². The van der Waals surface area contributed by atoms with E-state index in [1.807, 2.05) is 0 Å². The summed E-state index contributed by atoms with van der Waals surface area (Å²) < 4.78 is 68.8. The molecule has 3 N–H and O–H groups in total. The molecule has 7 atom stereocenters. The van der Waals surface area contributed by atoms with Crippen LogP contribution in [-0.4, -0.2) is 96.7 Å². The summed E-state index contributed by atoms with van der Waals surface area (Å²) in [5.41, 5.74) is 0. The number of hydrogen-bond donors (Lipinski definition) is 3. The van der Waals surface area contributed by atoms with E-state index in [0.717, 1.165) is 120 Å². The monoisotopic (exact) mass is 1520 g/mol. The summed E-state index contributed by atoms with van der Waals surface area (Å²) >= 11 is 0. The minimum absolute atomic E-state index is 0.107. The molecule has 19 heteroatoms. The summed E-state index contributed by atoms with van der Waals surface area (Å²) in [6.07, 6.45) is 62.5. The summed E-state index contributed by atoms with van der Waals surface area (Å²) in [5.74, 6) is 1.07. The average molecular weight is 1520 g/mol. The fourth-order valence-electron chi connectivity index (χ4n) is 13.1. The van der Waals surface area contributed by atoms with Gasteiger partial charge in [-0.2, -0.15) is 0 Å². The van der Waals surface area contributed by atoms with Gasteiger partial charge in [-0.05, 0) is 49.4 Å². The highest BCUT2D eigenvalue weighted by Crippen LogP contribution is 2.45. The van der Waals surface area contributed by atoms with Gasteiger partial charge in [0.25, 0.3) is 0 Å². The van der Waals surface area contributed by atoms with Crippen LogP contribution in [0.15, 0.2) is 0 Å². The van der Waals surface area contributed by atoms with Crippen LogP contribution in [0.4, 0.5) is 0 Å². The predicted octanol–water partition coefficient (Wildman–Crippen LogP) is 25.6. The number of ether oxygens (including phenoxy) is 4. The summed E-state index contributed by atoms with van der Waals surface area (Å²) in [6, 6.07) is 0. The van der Waals surface area contributed by atoms with Gasteiger partial charge in [-0.1, -0.05) is 389 Å². The van der Waals surface area contributed by atoms with Gasteiger partial charge >= 0.3 is 39.5 Å². The lowest BCUT2D eigenvalue weighted by Gasteiger charge is -2.21. The van der Waals surface area contributed by atoms with Gasteiger partial charge in [-0.15, -0.1) is 0 Å². The first kappa shape index (κ1) is 102. The van der Waals surface area contributed by atoms with Gasteiger partial charge in [-0.25, -0.2) is 9.13 Å². The molecule has 0 aliphatic heterocycles. The van der Waals surface area contributed by atoms with E-state index >= 15 is 0 Å². The maximum Gasteiger partial charge on any atom is 0.472 e. The molecule has 4 unspecified atom stereocenters. The zero-order valence-electron chi connectivity index (χ0n) is 68.7. The number of rotatable bonds is 82. The molecule has 0 bridgehead atoms. The first-order chi connectivity index (χ1) is 50.2. The minimum atomic E-state index is -4.96. The third-order valence-corrected chi connectivity index (χ3v) is 22.4. The van der Waals surface area contributed by atoms with Crippen molar-refractivity contribution in [2.75, 3.05) is 39.6 Å². The Morgan fingerprint density at radius 1 is 0.269 bits per heavy atom. The molecule has 0 fully saturated rings. The molecule has 0 aliphatic carbocycles. The lowest BCUT2D eigenvalue weighted by molar-refractivity contribution is -0.161. The van der Waals surface area contributed by atoms with E-state index in [0.29, 0.717) is 25.7 Å². The van der Waals surface area contributed by atoms with Gasteiger partial charge in [-0.3, -0.25) is 37.3 Å². The number of phosphoric ester groups is 2. The molecule has 0 spiro atoms. The lowest BCUT2D eigenvalue weighted by atomic mass is 9.99. The molecule has 0 aromatic heterocycles. The maximum atomic E-state index is 13.1. The number of unbranched alkanes of at least 4 members (excludes halogenated alkanes) is 46. The van der Waals surface area contributed by atoms with Gasteiger partial charge < -0.3 is 33.8 Å². The maximum absolute atomic E-state index is 13.1. The number of aliphatic hydroxyl groups excluding tert-OH is 1. The standard InChI is InChI=1S/C85H166O17P2/c1-9-77(7)63-55-47-39-33-27-20-15-13-11-12-14-16-21-29-35-41-51-59-68-85(90)102-81(72-96-83(88)66-58-50-44-43-48-56-64-78(8)10-2)74-100-104(93,94)98-70-79(86)69-97-103(91,92)99-73-80(71-95-82(87)65-57-49-40-34-28-24-23-26-32-38-46-54-62-76(5)6)101-84(89)67-60-52-42-36-30-22-18-17-19-25-31-37-45-53-61-75(3)4/h75-81,86H,9-74H2,1-8H3,(H,91,92)(H,93,94)/t77?,78?,79-,80-,81-/m1/s1. The van der Waals surface area contributed by atoms with Crippen molar-refractivity contribution < 1.29 is 80.2 Å². The van der Waals surface area contributed by atoms with Crippen LogP contribution in [0, 0.1) is 23.7 Å². The topological polar surface area (TPSA) is 237 Å². The van der Waals surface area contributed by atoms with Crippen LogP contribution in [0.5, 0.6) is 0 Å². The molecule has 0 saturated heterocycles. The fraction of sp³-hybridized carbons (Fsp3) is 0.953. The number of carbonyl (C=O) groups is 4. The quantitative estimate of drug-likeness (QED) is 0.0222. The SMILES string of the molecule is CCC(C)CCCCCCCCCCCCCCCCCCCCC(=O)O[C@H](COC(=O)CCCCCCCCC(C)CC)COP(=O)(O)OC[C@H](O)COP(=O)(O)OC[C@@H](COC(=O)CCCCCCCCCCCCCCC(C)C)OC(=O)CCCCCCCCCCCCCCCCC(C)C. The van der Waals surface area contributed by atoms with Crippen molar-refractivity contribution in [2.24, 2.45) is 23.7 Å². The molecule has 618 valence electrons. The van der Waals surface area contributed by atoms with Crippen molar-refractivity contribution in [1.82, 2.24) is 0 Å². The summed E-state index contributed by atoms with van der Waals surface area (Å²) in [7, 11) is -9.93. The molecule has 0 aromatic carbocycles. The molecule has 0 aliphatic rings. The molecule has 0 heterocycles. The van der Waals surface area contributed by atoms with Gasteiger partial charge in [0.15, 0.2) is 12.2 Å². The van der Waals surface area contributed by atoms with Crippen molar-refractivity contribution in [1.29, 1.82) is 0 Å². The molecule has 0 aromatic rings. The van der Waals surface area contributed by atoms with Crippen molar-refractivity contribution in [3.05, 3.63) is 0 Å². The van der Waals surface area contributed by atoms with Gasteiger partial charge in [0, 0.05) is 25.7 Å². The molecule has 104 heavy (non-hydrogen) atoms. The Morgan fingerprint density at radius 2 is 0.462 bits per heavy atom. The second kappa shape index (κ2) is 73.8. The first-order valence-electron chi connectivity index (χ1n) is 43.8. The highest BCUT2D eigenvalue weighted by atomic mass is 31.2. The van der Waals surface area contributed by atoms with Crippen molar-refractivity contribution in [3.8, 4) is 0 Å². The minimum Gasteiger partial charge on any atom is -0.462 e. The number of aliphatic hydroxyl groups is 1. The Hall–Kier alpha value is -1.94. The zero-order valence-corrected chi connectivity index (χ0v) is 70.5. The van der Waals surface area contributed by atoms with Crippen LogP contribution in [0.25, 0.3) is 0 Å². The van der Waals surface area contributed by atoms with Crippen molar-refractivity contribution in [3.63, 3.8) is 0 Å². The smallest absolute Gasteiger partial charge is 0.462 e. The van der Waals surface area contributed by atoms with Crippen LogP contribution >= 0.6 is 15.6 Å². The van der Waals surface area contributed by atoms with Crippen molar-refractivity contribution >= 4 is 39.5 Å². The van der Waals surface area contributed by atoms with Gasteiger partial charge in [0.1, 0.15) is 19.3 Å². The Balaban J connectivity index is 5.21. The Morgan fingerprint density at radius 3 is 0.683 bits per heavy atom. The van der Waals surface area contributed by atoms with E-state index in [4.69, 9.17) is 37.0 Å². The molecule has 0 amide bonds. The van der Waals surface area contributed by atoms with Crippen LogP contribution in [0.2, 0.25) is 0 Å². The highest BCUT2D eigenvalue weighted by Gasteiger charge is 2.30. The van der Waals surface area contributed by atoms with E-state index in [2.05, 4.69) is 55.4 Å². The molecule has 0 saturated carbocycles. The average Bonchev–Trinajstić information content (AvgIpc) is 0.903. The highest BCUT2D eigenvalue weighted by molar-refractivity contribution is 7.47. The summed E-state index contributed by atoms with van der Waals surface area (Å²) in [4.78, 5) is 73.2. The normalized spacial score (nSPS) is 14.5. The van der Waals surface area contributed by atoms with Crippen LogP contribution in [0.1, 0.15) is 441 Å². The van der Waals surface area contributed by atoms with E-state index in [1.54, 1.807) is 0 Å².